The number of halogens is 1. The Morgan fingerprint density at radius 1 is 1.48 bits per heavy atom. The molecule has 6 nitrogen and oxygen atoms in total. The van der Waals surface area contributed by atoms with E-state index in [9.17, 15) is 14.9 Å². The lowest BCUT2D eigenvalue weighted by molar-refractivity contribution is -0.384. The minimum absolute atomic E-state index is 0.0201. The fourth-order valence-electron chi connectivity index (χ4n) is 2.43. The zero-order valence-corrected chi connectivity index (χ0v) is 12.4. The van der Waals surface area contributed by atoms with Crippen LogP contribution in [0.5, 0.6) is 0 Å². The van der Waals surface area contributed by atoms with E-state index >= 15 is 0 Å². The van der Waals surface area contributed by atoms with Gasteiger partial charge in [0.15, 0.2) is 0 Å². The van der Waals surface area contributed by atoms with Crippen molar-refractivity contribution in [2.45, 2.75) is 38.1 Å². The number of nitro groups is 1. The molecule has 21 heavy (non-hydrogen) atoms. The van der Waals surface area contributed by atoms with Crippen molar-refractivity contribution in [2.24, 2.45) is 0 Å². The molecule has 1 unspecified atom stereocenters. The molecule has 2 rings (SSSR count). The van der Waals surface area contributed by atoms with Gasteiger partial charge in [0.1, 0.15) is 5.02 Å². The summed E-state index contributed by atoms with van der Waals surface area (Å²) < 4.78 is 0. The van der Waals surface area contributed by atoms with E-state index in [1.807, 2.05) is 0 Å². The van der Waals surface area contributed by atoms with Crippen molar-refractivity contribution in [1.82, 2.24) is 5.32 Å². The van der Waals surface area contributed by atoms with Gasteiger partial charge in [-0.3, -0.25) is 14.9 Å². The average molecular weight is 312 g/mol. The summed E-state index contributed by atoms with van der Waals surface area (Å²) in [4.78, 5) is 22.0. The summed E-state index contributed by atoms with van der Waals surface area (Å²) in [5.41, 5.74) is 0.313. The fraction of sp³-hybridized carbons (Fsp3) is 0.500. The number of rotatable bonds is 5. The number of carbonyl (C=O) groups excluding carboxylic acids is 1. The molecule has 1 aliphatic rings. The van der Waals surface area contributed by atoms with Crippen LogP contribution in [0.4, 0.5) is 11.4 Å². The first-order chi connectivity index (χ1) is 10.1. The molecular weight excluding hydrogens is 294 g/mol. The third kappa shape index (κ3) is 4.68. The highest BCUT2D eigenvalue weighted by Gasteiger charge is 2.15. The van der Waals surface area contributed by atoms with Crippen molar-refractivity contribution >= 4 is 28.9 Å². The summed E-state index contributed by atoms with van der Waals surface area (Å²) in [7, 11) is 0. The third-order valence-electron chi connectivity index (χ3n) is 3.56. The summed E-state index contributed by atoms with van der Waals surface area (Å²) in [5, 5.41) is 16.8. The van der Waals surface area contributed by atoms with E-state index in [4.69, 9.17) is 11.6 Å². The maximum absolute atomic E-state index is 11.9. The maximum atomic E-state index is 11.9. The lowest BCUT2D eigenvalue weighted by Gasteiger charge is -2.23. The van der Waals surface area contributed by atoms with Crippen molar-refractivity contribution in [3.05, 3.63) is 33.3 Å². The molecule has 0 aliphatic carbocycles. The summed E-state index contributed by atoms with van der Waals surface area (Å²) in [6, 6.07) is 4.59. The molecular formula is C14H18ClN3O3. The van der Waals surface area contributed by atoms with E-state index in [0.29, 0.717) is 18.2 Å². The van der Waals surface area contributed by atoms with Crippen LogP contribution in [-0.2, 0) is 4.79 Å². The molecule has 114 valence electrons. The second-order valence-electron chi connectivity index (χ2n) is 5.16. The third-order valence-corrected chi connectivity index (χ3v) is 3.86. The van der Waals surface area contributed by atoms with Gasteiger partial charge in [0, 0.05) is 24.2 Å². The summed E-state index contributed by atoms with van der Waals surface area (Å²) in [6.07, 6.45) is 4.73. The number of carbonyl (C=O) groups is 1. The molecule has 0 radical (unpaired) electrons. The van der Waals surface area contributed by atoms with Crippen LogP contribution in [0.1, 0.15) is 32.1 Å². The lowest BCUT2D eigenvalue weighted by Crippen LogP contribution is -2.34. The Morgan fingerprint density at radius 2 is 2.29 bits per heavy atom. The van der Waals surface area contributed by atoms with E-state index in [1.165, 1.54) is 31.0 Å². The molecule has 2 N–H and O–H groups in total. The topological polar surface area (TPSA) is 84.3 Å². The second-order valence-corrected chi connectivity index (χ2v) is 5.56. The number of nitrogens with one attached hydrogen (secondary N) is 2. The minimum atomic E-state index is -0.553. The van der Waals surface area contributed by atoms with Gasteiger partial charge >= 0.3 is 0 Å². The zero-order chi connectivity index (χ0) is 15.2. The molecule has 0 bridgehead atoms. The molecule has 7 heteroatoms. The first kappa shape index (κ1) is 15.7. The van der Waals surface area contributed by atoms with E-state index in [2.05, 4.69) is 10.6 Å². The monoisotopic (exact) mass is 311 g/mol. The minimum Gasteiger partial charge on any atom is -0.326 e. The predicted molar refractivity (Wildman–Crippen MR) is 81.6 cm³/mol. The van der Waals surface area contributed by atoms with Crippen LogP contribution in [0.3, 0.4) is 0 Å². The molecule has 1 aromatic rings. The largest absolute Gasteiger partial charge is 0.326 e. The van der Waals surface area contributed by atoms with Crippen molar-refractivity contribution in [3.63, 3.8) is 0 Å². The number of anilines is 1. The van der Waals surface area contributed by atoms with E-state index in [0.717, 1.165) is 19.4 Å². The molecule has 1 atom stereocenters. The number of amides is 1. The molecule has 1 saturated heterocycles. The summed E-state index contributed by atoms with van der Waals surface area (Å²) >= 11 is 5.80. The van der Waals surface area contributed by atoms with E-state index in [1.54, 1.807) is 0 Å². The Morgan fingerprint density at radius 3 is 2.90 bits per heavy atom. The van der Waals surface area contributed by atoms with Gasteiger partial charge in [-0.15, -0.1) is 0 Å². The van der Waals surface area contributed by atoms with Crippen LogP contribution in [-0.4, -0.2) is 23.4 Å². The summed E-state index contributed by atoms with van der Waals surface area (Å²) in [6.45, 7) is 1.02. The highest BCUT2D eigenvalue weighted by Crippen LogP contribution is 2.27. The molecule has 1 aromatic carbocycles. The number of nitro benzene ring substituents is 1. The number of nitrogens with zero attached hydrogens (tertiary/aromatic N) is 1. The standard InChI is InChI=1S/C14H18ClN3O3/c15-12-9-11(4-6-13(12)18(20)21)17-14(19)7-5-10-3-1-2-8-16-10/h4,6,9-10,16H,1-3,5,7-8H2,(H,17,19). The van der Waals surface area contributed by atoms with Gasteiger partial charge in [0.25, 0.3) is 5.69 Å². The molecule has 1 heterocycles. The van der Waals surface area contributed by atoms with Gasteiger partial charge in [-0.25, -0.2) is 0 Å². The van der Waals surface area contributed by atoms with Gasteiger partial charge < -0.3 is 10.6 Å². The van der Waals surface area contributed by atoms with Crippen molar-refractivity contribution in [3.8, 4) is 0 Å². The van der Waals surface area contributed by atoms with Crippen LogP contribution in [0, 0.1) is 10.1 Å². The van der Waals surface area contributed by atoms with Crippen molar-refractivity contribution in [1.29, 1.82) is 0 Å². The number of hydrogen-bond donors (Lipinski definition) is 2. The number of hydrogen-bond acceptors (Lipinski definition) is 4. The smallest absolute Gasteiger partial charge is 0.288 e. The highest BCUT2D eigenvalue weighted by molar-refractivity contribution is 6.33. The SMILES string of the molecule is O=C(CCC1CCCCN1)Nc1ccc([N+](=O)[O-])c(Cl)c1. The van der Waals surface area contributed by atoms with Crippen LogP contribution < -0.4 is 10.6 Å². The highest BCUT2D eigenvalue weighted by atomic mass is 35.5. The van der Waals surface area contributed by atoms with Gasteiger partial charge in [-0.2, -0.15) is 0 Å². The maximum Gasteiger partial charge on any atom is 0.288 e. The van der Waals surface area contributed by atoms with Crippen molar-refractivity contribution < 1.29 is 9.72 Å². The Bertz CT molecular complexity index is 530. The van der Waals surface area contributed by atoms with Gasteiger partial charge in [0.2, 0.25) is 5.91 Å². The summed E-state index contributed by atoms with van der Waals surface area (Å²) in [5.74, 6) is -0.104. The number of piperidine rings is 1. The quantitative estimate of drug-likeness (QED) is 0.646. The lowest BCUT2D eigenvalue weighted by atomic mass is 10.0. The van der Waals surface area contributed by atoms with Gasteiger partial charge in [0.05, 0.1) is 4.92 Å². The molecule has 0 aromatic heterocycles. The van der Waals surface area contributed by atoms with Crippen LogP contribution in [0.2, 0.25) is 5.02 Å². The van der Waals surface area contributed by atoms with E-state index < -0.39 is 4.92 Å². The molecule has 1 amide bonds. The Kier molecular flexibility index (Phi) is 5.52. The fourth-order valence-corrected chi connectivity index (χ4v) is 2.68. The number of benzene rings is 1. The Hall–Kier alpha value is -1.66. The first-order valence-electron chi connectivity index (χ1n) is 7.03. The van der Waals surface area contributed by atoms with Gasteiger partial charge in [-0.05, 0) is 37.9 Å². The van der Waals surface area contributed by atoms with Crippen LogP contribution in [0.15, 0.2) is 18.2 Å². The average Bonchev–Trinajstić information content (AvgIpc) is 2.46. The predicted octanol–water partition coefficient (Wildman–Crippen LogP) is 3.11. The van der Waals surface area contributed by atoms with Crippen LogP contribution in [0.25, 0.3) is 0 Å². The first-order valence-corrected chi connectivity index (χ1v) is 7.41. The van der Waals surface area contributed by atoms with Crippen molar-refractivity contribution in [2.75, 3.05) is 11.9 Å². The Labute approximate surface area is 128 Å². The molecule has 1 fully saturated rings. The zero-order valence-electron chi connectivity index (χ0n) is 11.6. The second kappa shape index (κ2) is 7.38. The normalized spacial score (nSPS) is 18.2. The Balaban J connectivity index is 1.84. The molecule has 1 aliphatic heterocycles. The molecule has 0 spiro atoms. The van der Waals surface area contributed by atoms with E-state index in [-0.39, 0.29) is 16.6 Å². The van der Waals surface area contributed by atoms with Gasteiger partial charge in [-0.1, -0.05) is 18.0 Å². The van der Waals surface area contributed by atoms with Crippen LogP contribution >= 0.6 is 11.6 Å². The molecule has 0 saturated carbocycles.